The van der Waals surface area contributed by atoms with E-state index in [0.29, 0.717) is 26.6 Å². The number of fused-ring (bicyclic) bond motifs is 1. The third-order valence-electron chi connectivity index (χ3n) is 4.82. The molecule has 0 amide bonds. The summed E-state index contributed by atoms with van der Waals surface area (Å²) in [7, 11) is 0. The van der Waals surface area contributed by atoms with Gasteiger partial charge in [-0.2, -0.15) is 0 Å². The molecule has 156 valence electrons. The molecule has 5 aromatic rings. The van der Waals surface area contributed by atoms with Crippen LogP contribution in [0.3, 0.4) is 0 Å². The van der Waals surface area contributed by atoms with Crippen LogP contribution in [0.15, 0.2) is 93.5 Å². The Hall–Kier alpha value is -3.74. The number of nitrogens with zero attached hydrogens (tertiary/aromatic N) is 1. The molecule has 0 bridgehead atoms. The van der Waals surface area contributed by atoms with Crippen molar-refractivity contribution in [2.45, 2.75) is 0 Å². The van der Waals surface area contributed by atoms with E-state index in [1.165, 1.54) is 17.4 Å². The molecule has 0 fully saturated rings. The van der Waals surface area contributed by atoms with Crippen molar-refractivity contribution in [3.8, 4) is 27.6 Å². The van der Waals surface area contributed by atoms with Gasteiger partial charge >= 0.3 is 11.6 Å². The first-order valence-corrected chi connectivity index (χ1v) is 10.9. The lowest BCUT2D eigenvalue weighted by Gasteiger charge is -2.07. The predicted molar refractivity (Wildman–Crippen MR) is 125 cm³/mol. The Morgan fingerprint density at radius 3 is 2.56 bits per heavy atom. The molecule has 5 nitrogen and oxygen atoms in total. The number of esters is 1. The van der Waals surface area contributed by atoms with E-state index in [9.17, 15) is 9.59 Å². The topological polar surface area (TPSA) is 69.4 Å². The summed E-state index contributed by atoms with van der Waals surface area (Å²) in [5.41, 5.74) is 2.20. The molecule has 0 aliphatic heterocycles. The van der Waals surface area contributed by atoms with E-state index in [1.807, 2.05) is 35.7 Å². The summed E-state index contributed by atoms with van der Waals surface area (Å²) in [6.45, 7) is 0. The van der Waals surface area contributed by atoms with E-state index in [2.05, 4.69) is 4.98 Å². The number of benzene rings is 3. The second kappa shape index (κ2) is 8.42. The quantitative estimate of drug-likeness (QED) is 0.175. The van der Waals surface area contributed by atoms with E-state index in [1.54, 1.807) is 42.5 Å². The fraction of sp³-hybridized carbons (Fsp3) is 0. The maximum atomic E-state index is 12.7. The minimum absolute atomic E-state index is 0.249. The Morgan fingerprint density at radius 2 is 1.75 bits per heavy atom. The van der Waals surface area contributed by atoms with Crippen molar-refractivity contribution in [1.29, 1.82) is 0 Å². The molecule has 0 unspecified atom stereocenters. The summed E-state index contributed by atoms with van der Waals surface area (Å²) in [4.78, 5) is 29.6. The number of carbonyl (C=O) groups excluding carboxylic acids is 1. The molecule has 32 heavy (non-hydrogen) atoms. The molecule has 0 spiro atoms. The van der Waals surface area contributed by atoms with Crippen LogP contribution in [0.25, 0.3) is 32.8 Å². The van der Waals surface area contributed by atoms with Crippen LogP contribution in [0.4, 0.5) is 0 Å². The van der Waals surface area contributed by atoms with Gasteiger partial charge in [-0.1, -0.05) is 54.1 Å². The summed E-state index contributed by atoms with van der Waals surface area (Å²) in [6, 6.07) is 23.0. The second-order valence-electron chi connectivity index (χ2n) is 6.92. The van der Waals surface area contributed by atoms with Gasteiger partial charge in [-0.25, -0.2) is 14.6 Å². The Bertz CT molecular complexity index is 1510. The average Bonchev–Trinajstić information content (AvgIpc) is 3.29. The summed E-state index contributed by atoms with van der Waals surface area (Å²) >= 11 is 7.43. The summed E-state index contributed by atoms with van der Waals surface area (Å²) in [6.07, 6.45) is 0. The molecule has 3 aromatic carbocycles. The van der Waals surface area contributed by atoms with Crippen molar-refractivity contribution in [2.24, 2.45) is 0 Å². The van der Waals surface area contributed by atoms with Crippen LogP contribution in [0, 0.1) is 0 Å². The van der Waals surface area contributed by atoms with Crippen LogP contribution in [0.5, 0.6) is 5.75 Å². The Morgan fingerprint density at radius 1 is 0.969 bits per heavy atom. The predicted octanol–water partition coefficient (Wildman–Crippen LogP) is 6.46. The number of halogens is 1. The zero-order chi connectivity index (χ0) is 22.1. The highest BCUT2D eigenvalue weighted by Gasteiger charge is 2.15. The smallest absolute Gasteiger partial charge is 0.346 e. The van der Waals surface area contributed by atoms with Crippen LogP contribution in [0.1, 0.15) is 10.4 Å². The van der Waals surface area contributed by atoms with Gasteiger partial charge in [0.25, 0.3) is 0 Å². The third-order valence-corrected chi connectivity index (χ3v) is 6.02. The second-order valence-corrected chi connectivity index (χ2v) is 8.19. The standard InChI is InChI=1S/C25H14ClNO4S/c26-20-9-5-4-8-18(20)24(28)30-17-11-10-16-12-19(25(29)31-22(16)13-17)23-27-21(14-32-23)15-6-2-1-3-7-15/h1-14H. The number of hydrogen-bond acceptors (Lipinski definition) is 6. The van der Waals surface area contributed by atoms with Crippen LogP contribution in [0.2, 0.25) is 5.02 Å². The molecule has 2 heterocycles. The minimum Gasteiger partial charge on any atom is -0.423 e. The number of thiazole rings is 1. The lowest BCUT2D eigenvalue weighted by Crippen LogP contribution is -2.09. The molecular formula is C25H14ClNO4S. The summed E-state index contributed by atoms with van der Waals surface area (Å²) in [5, 5.41) is 3.47. The first kappa shape index (κ1) is 20.2. The van der Waals surface area contributed by atoms with Crippen LogP contribution >= 0.6 is 22.9 Å². The zero-order valence-electron chi connectivity index (χ0n) is 16.4. The Balaban J connectivity index is 1.45. The van der Waals surface area contributed by atoms with Crippen molar-refractivity contribution in [3.05, 3.63) is 105 Å². The Labute approximate surface area is 191 Å². The molecule has 0 N–H and O–H groups in total. The van der Waals surface area contributed by atoms with Gasteiger partial charge in [0.2, 0.25) is 0 Å². The highest BCUT2D eigenvalue weighted by molar-refractivity contribution is 7.13. The molecule has 7 heteroatoms. The van der Waals surface area contributed by atoms with E-state index in [0.717, 1.165) is 11.3 Å². The fourth-order valence-corrected chi connectivity index (χ4v) is 4.28. The SMILES string of the molecule is O=C(Oc1ccc2cc(-c3nc(-c4ccccc4)cs3)c(=O)oc2c1)c1ccccc1Cl. The fourth-order valence-electron chi connectivity index (χ4n) is 3.23. The van der Waals surface area contributed by atoms with Crippen molar-refractivity contribution in [3.63, 3.8) is 0 Å². The maximum absolute atomic E-state index is 12.7. The van der Waals surface area contributed by atoms with Gasteiger partial charge < -0.3 is 9.15 Å². The van der Waals surface area contributed by atoms with Gasteiger partial charge in [-0.3, -0.25) is 0 Å². The molecule has 0 saturated carbocycles. The lowest BCUT2D eigenvalue weighted by atomic mass is 10.1. The van der Waals surface area contributed by atoms with Gasteiger partial charge in [-0.15, -0.1) is 11.3 Å². The number of rotatable bonds is 4. The van der Waals surface area contributed by atoms with Crippen LogP contribution in [-0.2, 0) is 0 Å². The van der Waals surface area contributed by atoms with E-state index in [4.69, 9.17) is 20.8 Å². The van der Waals surface area contributed by atoms with E-state index >= 15 is 0 Å². The van der Waals surface area contributed by atoms with Crippen molar-refractivity contribution in [1.82, 2.24) is 4.98 Å². The zero-order valence-corrected chi connectivity index (χ0v) is 18.0. The lowest BCUT2D eigenvalue weighted by molar-refractivity contribution is 0.0735. The highest BCUT2D eigenvalue weighted by Crippen LogP contribution is 2.30. The van der Waals surface area contributed by atoms with E-state index in [-0.39, 0.29) is 11.3 Å². The highest BCUT2D eigenvalue weighted by atomic mass is 35.5. The molecule has 0 atom stereocenters. The molecular weight excluding hydrogens is 446 g/mol. The summed E-state index contributed by atoms with van der Waals surface area (Å²) in [5.74, 6) is -0.343. The van der Waals surface area contributed by atoms with Crippen LogP contribution in [-0.4, -0.2) is 11.0 Å². The maximum Gasteiger partial charge on any atom is 0.346 e. The minimum atomic E-state index is -0.592. The Kier molecular flexibility index (Phi) is 5.31. The number of carbonyl (C=O) groups is 1. The molecule has 0 aliphatic carbocycles. The monoisotopic (exact) mass is 459 g/mol. The van der Waals surface area contributed by atoms with Crippen molar-refractivity contribution < 1.29 is 13.9 Å². The largest absolute Gasteiger partial charge is 0.423 e. The van der Waals surface area contributed by atoms with Gasteiger partial charge in [0.1, 0.15) is 16.3 Å². The van der Waals surface area contributed by atoms with E-state index < -0.39 is 11.6 Å². The molecule has 0 saturated heterocycles. The van der Waals surface area contributed by atoms with Crippen LogP contribution < -0.4 is 10.4 Å². The van der Waals surface area contributed by atoms with Gasteiger partial charge in [0.05, 0.1) is 21.8 Å². The van der Waals surface area contributed by atoms with Gasteiger partial charge in [-0.05, 0) is 30.3 Å². The number of hydrogen-bond donors (Lipinski definition) is 0. The molecule has 5 rings (SSSR count). The number of ether oxygens (including phenoxy) is 1. The molecule has 0 radical (unpaired) electrons. The number of aromatic nitrogens is 1. The first-order valence-electron chi connectivity index (χ1n) is 9.64. The average molecular weight is 460 g/mol. The molecule has 0 aliphatic rings. The first-order chi connectivity index (χ1) is 15.6. The molecule has 2 aromatic heterocycles. The van der Waals surface area contributed by atoms with Crippen molar-refractivity contribution >= 4 is 39.9 Å². The normalized spacial score (nSPS) is 10.9. The van der Waals surface area contributed by atoms with Gasteiger partial charge in [0.15, 0.2) is 0 Å². The van der Waals surface area contributed by atoms with Gasteiger partial charge in [0, 0.05) is 22.4 Å². The summed E-state index contributed by atoms with van der Waals surface area (Å²) < 4.78 is 10.9. The van der Waals surface area contributed by atoms with Crippen molar-refractivity contribution in [2.75, 3.05) is 0 Å². The third kappa shape index (κ3) is 3.93.